The quantitative estimate of drug-likeness (QED) is 0.575. The van der Waals surface area contributed by atoms with Gasteiger partial charge in [-0.15, -0.1) is 0 Å². The molecule has 3 aromatic rings. The molecule has 0 fully saturated rings. The number of furan rings is 1. The summed E-state index contributed by atoms with van der Waals surface area (Å²) in [4.78, 5) is 14.5. The van der Waals surface area contributed by atoms with Gasteiger partial charge in [0.2, 0.25) is 0 Å². The number of aryl methyl sites for hydroxylation is 1. The average Bonchev–Trinajstić information content (AvgIpc) is 3.02. The molecule has 0 spiro atoms. The number of amides is 1. The second-order valence-electron chi connectivity index (χ2n) is 6.32. The van der Waals surface area contributed by atoms with Crippen LogP contribution in [0.1, 0.15) is 21.7 Å². The number of ether oxygens (including phenoxy) is 2. The van der Waals surface area contributed by atoms with Crippen LogP contribution in [0, 0.1) is 6.92 Å². The molecule has 1 amide bonds. The highest BCUT2D eigenvalue weighted by Gasteiger charge is 2.21. The number of rotatable bonds is 7. The molecular formula is C22H23NO4. The molecular weight excluding hydrogens is 342 g/mol. The van der Waals surface area contributed by atoms with Crippen molar-refractivity contribution in [1.82, 2.24) is 4.90 Å². The summed E-state index contributed by atoms with van der Waals surface area (Å²) in [5.74, 6) is 1.70. The summed E-state index contributed by atoms with van der Waals surface area (Å²) < 4.78 is 16.5. The fraction of sp³-hybridized carbons (Fsp3) is 0.227. The molecule has 3 rings (SSSR count). The van der Waals surface area contributed by atoms with Gasteiger partial charge in [0.15, 0.2) is 5.76 Å². The Bertz CT molecular complexity index is 956. The molecule has 5 nitrogen and oxygen atoms in total. The Balaban J connectivity index is 1.76. The van der Waals surface area contributed by atoms with E-state index in [1.807, 2.05) is 49.4 Å². The number of nitrogens with zero attached hydrogens (tertiary/aromatic N) is 1. The molecule has 1 heterocycles. The van der Waals surface area contributed by atoms with Gasteiger partial charge in [-0.25, -0.2) is 0 Å². The van der Waals surface area contributed by atoms with Crippen molar-refractivity contribution in [3.05, 3.63) is 72.0 Å². The Hall–Kier alpha value is -3.21. The zero-order chi connectivity index (χ0) is 19.4. The van der Waals surface area contributed by atoms with Crippen molar-refractivity contribution in [2.75, 3.05) is 20.8 Å². The summed E-state index contributed by atoms with van der Waals surface area (Å²) in [6, 6.07) is 13.2. The standard InChI is InChI=1S/C22H23NO4/c1-5-12-26-17-8-6-16(7-9-17)14-23(3)22(24)21-15(2)19-13-18(25-4)10-11-20(19)27-21/h5-11,13H,1,12,14H2,2-4H3. The SMILES string of the molecule is C=CCOc1ccc(CN(C)C(=O)c2oc3ccc(OC)cc3c2C)cc1. The molecule has 0 unspecified atom stereocenters. The smallest absolute Gasteiger partial charge is 0.289 e. The van der Waals surface area contributed by atoms with Gasteiger partial charge in [-0.3, -0.25) is 4.79 Å². The monoisotopic (exact) mass is 365 g/mol. The van der Waals surface area contributed by atoms with Crippen LogP contribution in [0.2, 0.25) is 0 Å². The van der Waals surface area contributed by atoms with Crippen molar-refractivity contribution in [3.8, 4) is 11.5 Å². The van der Waals surface area contributed by atoms with E-state index in [2.05, 4.69) is 6.58 Å². The van der Waals surface area contributed by atoms with Crippen LogP contribution >= 0.6 is 0 Å². The molecule has 0 bridgehead atoms. The number of hydrogen-bond donors (Lipinski definition) is 0. The normalized spacial score (nSPS) is 10.6. The van der Waals surface area contributed by atoms with Crippen molar-refractivity contribution in [2.24, 2.45) is 0 Å². The first kappa shape index (κ1) is 18.6. The van der Waals surface area contributed by atoms with Crippen LogP contribution < -0.4 is 9.47 Å². The lowest BCUT2D eigenvalue weighted by Crippen LogP contribution is -2.26. The summed E-state index contributed by atoms with van der Waals surface area (Å²) in [6.45, 7) is 6.45. The van der Waals surface area contributed by atoms with E-state index in [9.17, 15) is 4.79 Å². The van der Waals surface area contributed by atoms with Crippen molar-refractivity contribution in [3.63, 3.8) is 0 Å². The summed E-state index contributed by atoms with van der Waals surface area (Å²) in [7, 11) is 3.38. The second-order valence-corrected chi connectivity index (χ2v) is 6.32. The van der Waals surface area contributed by atoms with Gasteiger partial charge in [-0.05, 0) is 42.8 Å². The molecule has 27 heavy (non-hydrogen) atoms. The van der Waals surface area contributed by atoms with Gasteiger partial charge in [0.05, 0.1) is 7.11 Å². The average molecular weight is 365 g/mol. The number of carbonyl (C=O) groups is 1. The van der Waals surface area contributed by atoms with Crippen LogP contribution in [-0.4, -0.2) is 31.6 Å². The number of benzene rings is 2. The van der Waals surface area contributed by atoms with E-state index in [1.54, 1.807) is 25.1 Å². The van der Waals surface area contributed by atoms with Crippen LogP contribution in [0.5, 0.6) is 11.5 Å². The Morgan fingerprint density at radius 1 is 1.19 bits per heavy atom. The molecule has 0 saturated carbocycles. The minimum absolute atomic E-state index is 0.158. The molecule has 140 valence electrons. The lowest BCUT2D eigenvalue weighted by atomic mass is 10.1. The fourth-order valence-corrected chi connectivity index (χ4v) is 2.90. The zero-order valence-corrected chi connectivity index (χ0v) is 15.8. The number of hydrogen-bond acceptors (Lipinski definition) is 4. The van der Waals surface area contributed by atoms with Crippen molar-refractivity contribution >= 4 is 16.9 Å². The largest absolute Gasteiger partial charge is 0.497 e. The number of methoxy groups -OCH3 is 1. The van der Waals surface area contributed by atoms with Gasteiger partial charge in [-0.1, -0.05) is 24.8 Å². The summed E-state index contributed by atoms with van der Waals surface area (Å²) in [5.41, 5.74) is 2.50. The molecule has 0 saturated heterocycles. The van der Waals surface area contributed by atoms with E-state index in [4.69, 9.17) is 13.9 Å². The summed E-state index contributed by atoms with van der Waals surface area (Å²) in [5, 5.41) is 0.884. The lowest BCUT2D eigenvalue weighted by molar-refractivity contribution is 0.0755. The van der Waals surface area contributed by atoms with Crippen molar-refractivity contribution in [2.45, 2.75) is 13.5 Å². The van der Waals surface area contributed by atoms with Crippen molar-refractivity contribution in [1.29, 1.82) is 0 Å². The van der Waals surface area contributed by atoms with Gasteiger partial charge >= 0.3 is 0 Å². The molecule has 0 atom stereocenters. The first-order valence-corrected chi connectivity index (χ1v) is 8.68. The number of fused-ring (bicyclic) bond motifs is 1. The number of carbonyl (C=O) groups excluding carboxylic acids is 1. The first-order chi connectivity index (χ1) is 13.0. The van der Waals surface area contributed by atoms with Gasteiger partial charge in [0.1, 0.15) is 23.7 Å². The molecule has 1 aromatic heterocycles. The van der Waals surface area contributed by atoms with E-state index in [1.165, 1.54) is 0 Å². The Kier molecular flexibility index (Phi) is 5.50. The Labute approximate surface area is 158 Å². The minimum Gasteiger partial charge on any atom is -0.497 e. The molecule has 0 aliphatic rings. The Morgan fingerprint density at radius 3 is 2.56 bits per heavy atom. The Morgan fingerprint density at radius 2 is 1.89 bits per heavy atom. The fourth-order valence-electron chi connectivity index (χ4n) is 2.90. The van der Waals surface area contributed by atoms with Gasteiger partial charge in [0.25, 0.3) is 5.91 Å². The topological polar surface area (TPSA) is 51.9 Å². The van der Waals surface area contributed by atoms with Gasteiger partial charge in [0, 0.05) is 24.5 Å². The molecule has 5 heteroatoms. The minimum atomic E-state index is -0.158. The van der Waals surface area contributed by atoms with Crippen LogP contribution in [0.4, 0.5) is 0 Å². The highest BCUT2D eigenvalue weighted by molar-refractivity contribution is 5.99. The summed E-state index contributed by atoms with van der Waals surface area (Å²) >= 11 is 0. The zero-order valence-electron chi connectivity index (χ0n) is 15.8. The molecule has 0 aliphatic carbocycles. The first-order valence-electron chi connectivity index (χ1n) is 8.68. The highest BCUT2D eigenvalue weighted by Crippen LogP contribution is 2.29. The van der Waals surface area contributed by atoms with Crippen LogP contribution in [0.25, 0.3) is 11.0 Å². The second kappa shape index (κ2) is 7.99. The predicted molar refractivity (Wildman–Crippen MR) is 105 cm³/mol. The third-order valence-corrected chi connectivity index (χ3v) is 4.40. The maximum absolute atomic E-state index is 12.9. The van der Waals surface area contributed by atoms with E-state index >= 15 is 0 Å². The third-order valence-electron chi connectivity index (χ3n) is 4.40. The van der Waals surface area contributed by atoms with Crippen molar-refractivity contribution < 1.29 is 18.7 Å². The highest BCUT2D eigenvalue weighted by atomic mass is 16.5. The van der Waals surface area contributed by atoms with Gasteiger partial charge in [-0.2, -0.15) is 0 Å². The predicted octanol–water partition coefficient (Wildman–Crippen LogP) is 4.59. The van der Waals surface area contributed by atoms with E-state index in [-0.39, 0.29) is 5.91 Å². The molecule has 0 N–H and O–H groups in total. The van der Waals surface area contributed by atoms with E-state index < -0.39 is 0 Å². The van der Waals surface area contributed by atoms with Crippen LogP contribution in [0.3, 0.4) is 0 Å². The molecule has 0 radical (unpaired) electrons. The van der Waals surface area contributed by atoms with Crippen LogP contribution in [-0.2, 0) is 6.54 Å². The lowest BCUT2D eigenvalue weighted by Gasteiger charge is -2.16. The van der Waals surface area contributed by atoms with E-state index in [0.717, 1.165) is 28.0 Å². The van der Waals surface area contributed by atoms with Gasteiger partial charge < -0.3 is 18.8 Å². The summed E-state index contributed by atoms with van der Waals surface area (Å²) in [6.07, 6.45) is 1.70. The van der Waals surface area contributed by atoms with E-state index in [0.29, 0.717) is 24.5 Å². The maximum Gasteiger partial charge on any atom is 0.289 e. The maximum atomic E-state index is 12.9. The third kappa shape index (κ3) is 3.97. The van der Waals surface area contributed by atoms with Crippen LogP contribution in [0.15, 0.2) is 59.5 Å². The molecule has 0 aliphatic heterocycles. The molecule has 2 aromatic carbocycles.